The third kappa shape index (κ3) is 3.76. The maximum absolute atomic E-state index is 11.3. The van der Waals surface area contributed by atoms with Crippen molar-refractivity contribution in [3.8, 4) is 5.75 Å². The molecule has 0 saturated heterocycles. The molecule has 1 aliphatic carbocycles. The van der Waals surface area contributed by atoms with Crippen LogP contribution in [0.2, 0.25) is 0 Å². The number of phenols is 1. The first kappa shape index (κ1) is 15.8. The quantitative estimate of drug-likeness (QED) is 0.873. The molecule has 0 unspecified atom stereocenters. The molecule has 2 N–H and O–H groups in total. The van der Waals surface area contributed by atoms with E-state index in [-0.39, 0.29) is 17.7 Å². The van der Waals surface area contributed by atoms with Crippen molar-refractivity contribution in [3.63, 3.8) is 0 Å². The Morgan fingerprint density at radius 2 is 1.95 bits per heavy atom. The Bertz CT molecular complexity index is 507. The lowest BCUT2D eigenvalue weighted by atomic mass is 9.78. The van der Waals surface area contributed by atoms with E-state index in [0.29, 0.717) is 6.54 Å². The first-order valence-corrected chi connectivity index (χ1v) is 7.64. The molecule has 0 bridgehead atoms. The lowest BCUT2D eigenvalue weighted by Gasteiger charge is -2.44. The van der Waals surface area contributed by atoms with Gasteiger partial charge in [0.2, 0.25) is 0 Å². The van der Waals surface area contributed by atoms with Gasteiger partial charge < -0.3 is 10.2 Å². The van der Waals surface area contributed by atoms with E-state index in [9.17, 15) is 15.0 Å². The molecular weight excluding hydrogens is 266 g/mol. The molecule has 0 radical (unpaired) electrons. The number of carboxylic acid groups (broad SMARTS) is 1. The second-order valence-electron chi connectivity index (χ2n) is 6.34. The number of benzene rings is 1. The molecule has 0 aliphatic heterocycles. The predicted molar refractivity (Wildman–Crippen MR) is 82.4 cm³/mol. The van der Waals surface area contributed by atoms with Crippen molar-refractivity contribution in [1.82, 2.24) is 4.90 Å². The van der Waals surface area contributed by atoms with Gasteiger partial charge in [0.15, 0.2) is 0 Å². The van der Waals surface area contributed by atoms with Crippen molar-refractivity contribution in [1.29, 1.82) is 0 Å². The largest absolute Gasteiger partial charge is 0.508 e. The van der Waals surface area contributed by atoms with E-state index in [0.717, 1.165) is 36.8 Å². The fourth-order valence-electron chi connectivity index (χ4n) is 3.45. The molecule has 21 heavy (non-hydrogen) atoms. The highest BCUT2D eigenvalue weighted by Gasteiger charge is 2.38. The minimum Gasteiger partial charge on any atom is -0.508 e. The topological polar surface area (TPSA) is 60.8 Å². The number of rotatable bonds is 5. The summed E-state index contributed by atoms with van der Waals surface area (Å²) in [6.45, 7) is 2.58. The van der Waals surface area contributed by atoms with Crippen molar-refractivity contribution in [2.24, 2.45) is 0 Å². The van der Waals surface area contributed by atoms with Gasteiger partial charge in [-0.25, -0.2) is 0 Å². The van der Waals surface area contributed by atoms with Crippen LogP contribution in [0.25, 0.3) is 0 Å². The zero-order chi connectivity index (χ0) is 15.5. The standard InChI is InChI=1S/C17H25NO3/c1-13-6-7-15(19)14(10-13)12-18(2)17(11-16(20)21)8-4-3-5-9-17/h6-7,10,19H,3-5,8-9,11-12H2,1-2H3,(H,20,21). The van der Waals surface area contributed by atoms with E-state index < -0.39 is 5.97 Å². The van der Waals surface area contributed by atoms with Gasteiger partial charge in [-0.3, -0.25) is 9.69 Å². The number of phenolic OH excluding ortho intramolecular Hbond substituents is 1. The number of carbonyl (C=O) groups is 1. The summed E-state index contributed by atoms with van der Waals surface area (Å²) in [6, 6.07) is 5.57. The van der Waals surface area contributed by atoms with E-state index in [2.05, 4.69) is 4.90 Å². The number of aryl methyl sites for hydroxylation is 1. The molecule has 4 nitrogen and oxygen atoms in total. The Morgan fingerprint density at radius 1 is 1.29 bits per heavy atom. The van der Waals surface area contributed by atoms with Gasteiger partial charge in [-0.1, -0.05) is 37.0 Å². The van der Waals surface area contributed by atoms with E-state index in [4.69, 9.17) is 0 Å². The van der Waals surface area contributed by atoms with Crippen LogP contribution in [0, 0.1) is 6.92 Å². The lowest BCUT2D eigenvalue weighted by Crippen LogP contribution is -2.49. The average Bonchev–Trinajstić information content (AvgIpc) is 2.43. The Hall–Kier alpha value is -1.55. The summed E-state index contributed by atoms with van der Waals surface area (Å²) in [5.74, 6) is -0.453. The fourth-order valence-corrected chi connectivity index (χ4v) is 3.45. The van der Waals surface area contributed by atoms with Crippen LogP contribution in [0.3, 0.4) is 0 Å². The second-order valence-corrected chi connectivity index (χ2v) is 6.34. The van der Waals surface area contributed by atoms with Crippen molar-refractivity contribution < 1.29 is 15.0 Å². The maximum atomic E-state index is 11.3. The zero-order valence-electron chi connectivity index (χ0n) is 12.9. The molecular formula is C17H25NO3. The van der Waals surface area contributed by atoms with Crippen LogP contribution in [-0.4, -0.2) is 33.7 Å². The third-order valence-electron chi connectivity index (χ3n) is 4.72. The van der Waals surface area contributed by atoms with Gasteiger partial charge in [-0.15, -0.1) is 0 Å². The molecule has 0 amide bonds. The number of aliphatic carboxylic acids is 1. The molecule has 1 fully saturated rings. The summed E-state index contributed by atoms with van der Waals surface area (Å²) in [6.07, 6.45) is 5.36. The molecule has 116 valence electrons. The van der Waals surface area contributed by atoms with Crippen LogP contribution in [0.15, 0.2) is 18.2 Å². The Balaban J connectivity index is 2.19. The monoisotopic (exact) mass is 291 g/mol. The van der Waals surface area contributed by atoms with E-state index in [1.807, 2.05) is 26.1 Å². The third-order valence-corrected chi connectivity index (χ3v) is 4.72. The molecule has 0 atom stereocenters. The highest BCUT2D eigenvalue weighted by Crippen LogP contribution is 2.37. The SMILES string of the molecule is Cc1ccc(O)c(CN(C)C2(CC(=O)O)CCCCC2)c1. The predicted octanol–water partition coefficient (Wildman–Crippen LogP) is 3.31. The summed E-state index contributed by atoms with van der Waals surface area (Å²) in [4.78, 5) is 13.4. The highest BCUT2D eigenvalue weighted by atomic mass is 16.4. The Kier molecular flexibility index (Phi) is 4.88. The summed E-state index contributed by atoms with van der Waals surface area (Å²) >= 11 is 0. The number of carboxylic acids is 1. The van der Waals surface area contributed by atoms with E-state index in [1.165, 1.54) is 6.42 Å². The number of aromatic hydroxyl groups is 1. The summed E-state index contributed by atoms with van der Waals surface area (Å²) in [5.41, 5.74) is 1.69. The van der Waals surface area contributed by atoms with Crippen LogP contribution in [0.4, 0.5) is 0 Å². The molecule has 1 aromatic carbocycles. The van der Waals surface area contributed by atoms with Crippen molar-refractivity contribution in [3.05, 3.63) is 29.3 Å². The van der Waals surface area contributed by atoms with Crippen LogP contribution in [0.1, 0.15) is 49.7 Å². The molecule has 0 spiro atoms. The van der Waals surface area contributed by atoms with Crippen LogP contribution in [0.5, 0.6) is 5.75 Å². The van der Waals surface area contributed by atoms with Crippen LogP contribution < -0.4 is 0 Å². The van der Waals surface area contributed by atoms with Gasteiger partial charge in [0.25, 0.3) is 0 Å². The fraction of sp³-hybridized carbons (Fsp3) is 0.588. The normalized spacial score (nSPS) is 17.9. The van der Waals surface area contributed by atoms with Gasteiger partial charge in [-0.05, 0) is 32.9 Å². The van der Waals surface area contributed by atoms with E-state index in [1.54, 1.807) is 6.07 Å². The summed E-state index contributed by atoms with van der Waals surface area (Å²) in [7, 11) is 1.98. The smallest absolute Gasteiger partial charge is 0.305 e. The first-order chi connectivity index (χ1) is 9.93. The van der Waals surface area contributed by atoms with Gasteiger partial charge in [0, 0.05) is 17.6 Å². The number of hydrogen-bond donors (Lipinski definition) is 2. The van der Waals surface area contributed by atoms with Gasteiger partial charge in [0.1, 0.15) is 5.75 Å². The van der Waals surface area contributed by atoms with Crippen molar-refractivity contribution in [2.45, 2.75) is 57.5 Å². The van der Waals surface area contributed by atoms with Crippen molar-refractivity contribution >= 4 is 5.97 Å². The molecule has 0 heterocycles. The van der Waals surface area contributed by atoms with Crippen LogP contribution >= 0.6 is 0 Å². The number of hydrogen-bond acceptors (Lipinski definition) is 3. The molecule has 2 rings (SSSR count). The Morgan fingerprint density at radius 3 is 2.57 bits per heavy atom. The van der Waals surface area contributed by atoms with Gasteiger partial charge in [-0.2, -0.15) is 0 Å². The average molecular weight is 291 g/mol. The zero-order valence-corrected chi connectivity index (χ0v) is 12.9. The van der Waals surface area contributed by atoms with Gasteiger partial charge in [0.05, 0.1) is 6.42 Å². The van der Waals surface area contributed by atoms with E-state index >= 15 is 0 Å². The molecule has 1 saturated carbocycles. The van der Waals surface area contributed by atoms with Crippen LogP contribution in [-0.2, 0) is 11.3 Å². The molecule has 1 aromatic rings. The van der Waals surface area contributed by atoms with Crippen molar-refractivity contribution in [2.75, 3.05) is 7.05 Å². The minimum atomic E-state index is -0.739. The van der Waals surface area contributed by atoms with Gasteiger partial charge >= 0.3 is 5.97 Å². The lowest BCUT2D eigenvalue weighted by molar-refractivity contribution is -0.141. The molecule has 1 aliphatic rings. The summed E-state index contributed by atoms with van der Waals surface area (Å²) in [5, 5.41) is 19.3. The Labute approximate surface area is 126 Å². The highest BCUT2D eigenvalue weighted by molar-refractivity contribution is 5.68. The summed E-state index contributed by atoms with van der Waals surface area (Å²) < 4.78 is 0. The number of nitrogens with zero attached hydrogens (tertiary/aromatic N) is 1. The molecule has 0 aromatic heterocycles. The maximum Gasteiger partial charge on any atom is 0.305 e. The minimum absolute atomic E-state index is 0.177. The second kappa shape index (κ2) is 6.48. The molecule has 4 heteroatoms. The first-order valence-electron chi connectivity index (χ1n) is 7.64.